The SMILES string of the molecule is CC(CC1COCC1(O)c1ccc(-c2cncnc2)cc1)S(N)(=O)=O. The lowest BCUT2D eigenvalue weighted by atomic mass is 9.81. The molecule has 8 heteroatoms. The van der Waals surface area contributed by atoms with E-state index in [2.05, 4.69) is 9.97 Å². The number of benzene rings is 1. The van der Waals surface area contributed by atoms with E-state index in [1.807, 2.05) is 24.3 Å². The molecule has 1 saturated heterocycles. The van der Waals surface area contributed by atoms with E-state index in [-0.39, 0.29) is 18.9 Å². The van der Waals surface area contributed by atoms with Crippen molar-refractivity contribution in [2.24, 2.45) is 11.1 Å². The Kier molecular flexibility index (Phi) is 4.88. The van der Waals surface area contributed by atoms with Gasteiger partial charge >= 0.3 is 0 Å². The van der Waals surface area contributed by atoms with Gasteiger partial charge in [-0.3, -0.25) is 0 Å². The van der Waals surface area contributed by atoms with E-state index in [9.17, 15) is 13.5 Å². The van der Waals surface area contributed by atoms with Gasteiger partial charge in [-0.15, -0.1) is 0 Å². The number of ether oxygens (including phenoxy) is 1. The van der Waals surface area contributed by atoms with Crippen LogP contribution in [0.1, 0.15) is 18.9 Å². The summed E-state index contributed by atoms with van der Waals surface area (Å²) in [6, 6.07) is 7.41. The van der Waals surface area contributed by atoms with Crippen molar-refractivity contribution in [3.63, 3.8) is 0 Å². The summed E-state index contributed by atoms with van der Waals surface area (Å²) in [6.45, 7) is 1.97. The third kappa shape index (κ3) is 3.72. The Labute approximate surface area is 146 Å². The molecule has 134 valence electrons. The van der Waals surface area contributed by atoms with Gasteiger partial charge in [0.05, 0.1) is 18.5 Å². The third-order valence-corrected chi connectivity index (χ3v) is 6.09. The van der Waals surface area contributed by atoms with E-state index in [0.29, 0.717) is 12.2 Å². The normalized spacial score (nSPS) is 25.0. The second kappa shape index (κ2) is 6.80. The Hall–Kier alpha value is -1.87. The summed E-state index contributed by atoms with van der Waals surface area (Å²) in [5.41, 5.74) is 1.27. The average molecular weight is 363 g/mol. The third-order valence-electron chi connectivity index (χ3n) is 4.77. The number of nitrogens with zero attached hydrogens (tertiary/aromatic N) is 2. The van der Waals surface area contributed by atoms with Crippen molar-refractivity contribution in [1.29, 1.82) is 0 Å². The van der Waals surface area contributed by atoms with Gasteiger partial charge in [0.2, 0.25) is 10.0 Å². The second-order valence-corrected chi connectivity index (χ2v) is 8.46. The number of rotatable bonds is 5. The summed E-state index contributed by atoms with van der Waals surface area (Å²) in [5.74, 6) is -0.341. The number of hydrogen-bond donors (Lipinski definition) is 2. The van der Waals surface area contributed by atoms with Gasteiger partial charge in [0.1, 0.15) is 11.9 Å². The first-order valence-electron chi connectivity index (χ1n) is 7.98. The molecular weight excluding hydrogens is 342 g/mol. The number of sulfonamides is 1. The molecule has 1 aromatic heterocycles. The quantitative estimate of drug-likeness (QED) is 0.820. The van der Waals surface area contributed by atoms with Crippen LogP contribution >= 0.6 is 0 Å². The van der Waals surface area contributed by atoms with E-state index >= 15 is 0 Å². The molecular formula is C17H21N3O4S. The van der Waals surface area contributed by atoms with Crippen LogP contribution in [0.5, 0.6) is 0 Å². The highest BCUT2D eigenvalue weighted by Crippen LogP contribution is 2.39. The van der Waals surface area contributed by atoms with E-state index in [4.69, 9.17) is 9.88 Å². The molecule has 0 spiro atoms. The lowest BCUT2D eigenvalue weighted by Gasteiger charge is -2.30. The molecule has 3 N–H and O–H groups in total. The predicted octanol–water partition coefficient (Wildman–Crippen LogP) is 1.04. The number of aromatic nitrogens is 2. The molecule has 3 rings (SSSR count). The molecule has 0 bridgehead atoms. The largest absolute Gasteiger partial charge is 0.382 e. The number of primary sulfonamides is 1. The number of aliphatic hydroxyl groups is 1. The maximum Gasteiger partial charge on any atom is 0.211 e. The van der Waals surface area contributed by atoms with Gasteiger partial charge in [-0.25, -0.2) is 23.5 Å². The van der Waals surface area contributed by atoms with Crippen molar-refractivity contribution >= 4 is 10.0 Å². The Morgan fingerprint density at radius 1 is 1.28 bits per heavy atom. The molecule has 1 aliphatic heterocycles. The minimum absolute atomic E-state index is 0.128. The highest BCUT2D eigenvalue weighted by Gasteiger charge is 2.45. The van der Waals surface area contributed by atoms with Crippen LogP contribution < -0.4 is 5.14 Å². The van der Waals surface area contributed by atoms with Gasteiger partial charge in [0.15, 0.2) is 0 Å². The average Bonchev–Trinajstić information content (AvgIpc) is 2.97. The Morgan fingerprint density at radius 3 is 2.52 bits per heavy atom. The van der Waals surface area contributed by atoms with Gasteiger partial charge in [-0.2, -0.15) is 0 Å². The summed E-state index contributed by atoms with van der Waals surface area (Å²) in [4.78, 5) is 7.99. The molecule has 0 amide bonds. The second-order valence-electron chi connectivity index (χ2n) is 6.48. The smallest absolute Gasteiger partial charge is 0.211 e. The summed E-state index contributed by atoms with van der Waals surface area (Å²) < 4.78 is 28.5. The lowest BCUT2D eigenvalue weighted by molar-refractivity contribution is -0.00577. The highest BCUT2D eigenvalue weighted by atomic mass is 32.2. The van der Waals surface area contributed by atoms with Crippen LogP contribution in [-0.4, -0.2) is 42.0 Å². The Balaban J connectivity index is 1.84. The first-order chi connectivity index (χ1) is 11.8. The van der Waals surface area contributed by atoms with Gasteiger partial charge in [-0.1, -0.05) is 24.3 Å². The fourth-order valence-electron chi connectivity index (χ4n) is 3.13. The van der Waals surface area contributed by atoms with Crippen LogP contribution in [0.15, 0.2) is 43.0 Å². The van der Waals surface area contributed by atoms with Crippen LogP contribution in [0, 0.1) is 5.92 Å². The van der Waals surface area contributed by atoms with Gasteiger partial charge < -0.3 is 9.84 Å². The molecule has 1 fully saturated rings. The molecule has 3 unspecified atom stereocenters. The molecule has 0 aliphatic carbocycles. The van der Waals surface area contributed by atoms with Crippen LogP contribution in [0.2, 0.25) is 0 Å². The van der Waals surface area contributed by atoms with Crippen LogP contribution in [0.4, 0.5) is 0 Å². The number of hydrogen-bond acceptors (Lipinski definition) is 6. The highest BCUT2D eigenvalue weighted by molar-refractivity contribution is 7.89. The molecule has 0 saturated carbocycles. The van der Waals surface area contributed by atoms with Crippen LogP contribution in [0.25, 0.3) is 11.1 Å². The minimum atomic E-state index is -3.65. The van der Waals surface area contributed by atoms with Crippen molar-refractivity contribution in [3.8, 4) is 11.1 Å². The first-order valence-corrected chi connectivity index (χ1v) is 9.59. The van der Waals surface area contributed by atoms with Crippen LogP contribution in [0.3, 0.4) is 0 Å². The van der Waals surface area contributed by atoms with E-state index in [1.54, 1.807) is 19.3 Å². The molecule has 1 aliphatic rings. The molecule has 2 heterocycles. The Morgan fingerprint density at radius 2 is 1.92 bits per heavy atom. The van der Waals surface area contributed by atoms with Crippen molar-refractivity contribution in [1.82, 2.24) is 9.97 Å². The topological polar surface area (TPSA) is 115 Å². The summed E-state index contributed by atoms with van der Waals surface area (Å²) in [6.07, 6.45) is 5.13. The van der Waals surface area contributed by atoms with Gasteiger partial charge in [0, 0.05) is 23.9 Å². The van der Waals surface area contributed by atoms with E-state index < -0.39 is 20.9 Å². The Bertz CT molecular complexity index is 827. The summed E-state index contributed by atoms with van der Waals surface area (Å²) in [5, 5.41) is 15.6. The standard InChI is InChI=1S/C17H21N3O4S/c1-12(25(18,22)23)6-16-9-24-10-17(16,21)15-4-2-13(3-5-15)14-7-19-11-20-8-14/h2-5,7-8,11-12,16,21H,6,9-10H2,1H3,(H2,18,22,23). The molecule has 7 nitrogen and oxygen atoms in total. The minimum Gasteiger partial charge on any atom is -0.382 e. The fraction of sp³-hybridized carbons (Fsp3) is 0.412. The van der Waals surface area contributed by atoms with Crippen molar-refractivity contribution in [2.45, 2.75) is 24.2 Å². The summed E-state index contributed by atoms with van der Waals surface area (Å²) >= 11 is 0. The zero-order chi connectivity index (χ0) is 18.1. The number of nitrogens with two attached hydrogens (primary N) is 1. The predicted molar refractivity (Wildman–Crippen MR) is 92.9 cm³/mol. The molecule has 3 atom stereocenters. The molecule has 2 aromatic rings. The van der Waals surface area contributed by atoms with Gasteiger partial charge in [-0.05, 0) is 24.5 Å². The first kappa shape index (κ1) is 17.9. The molecule has 0 radical (unpaired) electrons. The van der Waals surface area contributed by atoms with Crippen molar-refractivity contribution in [3.05, 3.63) is 48.5 Å². The van der Waals surface area contributed by atoms with E-state index in [0.717, 1.165) is 11.1 Å². The lowest BCUT2D eigenvalue weighted by Crippen LogP contribution is -2.38. The van der Waals surface area contributed by atoms with Crippen molar-refractivity contribution < 1.29 is 18.3 Å². The van der Waals surface area contributed by atoms with Crippen LogP contribution in [-0.2, 0) is 20.4 Å². The fourth-order valence-corrected chi connectivity index (χ4v) is 3.63. The van der Waals surface area contributed by atoms with Crippen molar-refractivity contribution in [2.75, 3.05) is 13.2 Å². The zero-order valence-corrected chi connectivity index (χ0v) is 14.7. The maximum absolute atomic E-state index is 11.5. The zero-order valence-electron chi connectivity index (χ0n) is 13.9. The van der Waals surface area contributed by atoms with E-state index in [1.165, 1.54) is 6.33 Å². The maximum atomic E-state index is 11.5. The monoisotopic (exact) mass is 363 g/mol. The molecule has 1 aromatic carbocycles. The van der Waals surface area contributed by atoms with Gasteiger partial charge in [0.25, 0.3) is 0 Å². The molecule has 25 heavy (non-hydrogen) atoms. The summed E-state index contributed by atoms with van der Waals surface area (Å²) in [7, 11) is -3.65.